The van der Waals surface area contributed by atoms with Crippen LogP contribution < -0.4 is 11.5 Å². The second-order valence-corrected chi connectivity index (χ2v) is 3.83. The number of hydrogen-bond donors (Lipinski definition) is 3. The van der Waals surface area contributed by atoms with Gasteiger partial charge in [0.15, 0.2) is 0 Å². The summed E-state index contributed by atoms with van der Waals surface area (Å²) in [4.78, 5) is 13.7. The van der Waals surface area contributed by atoms with Gasteiger partial charge in [0.2, 0.25) is 0 Å². The van der Waals surface area contributed by atoms with Crippen molar-refractivity contribution in [1.29, 1.82) is 0 Å². The molecule has 1 amide bonds. The fraction of sp³-hybridized carbons (Fsp3) is 0.556. The number of nitrogens with zero attached hydrogens (tertiary/aromatic N) is 2. The highest BCUT2D eigenvalue weighted by Crippen LogP contribution is 2.15. The molecule has 15 heavy (non-hydrogen) atoms. The second kappa shape index (κ2) is 3.90. The van der Waals surface area contributed by atoms with Crippen LogP contribution >= 0.6 is 0 Å². The van der Waals surface area contributed by atoms with Crippen LogP contribution in [0.4, 0.5) is 5.82 Å². The minimum atomic E-state index is -0.0619. The highest BCUT2D eigenvalue weighted by molar-refractivity contribution is 5.98. The Morgan fingerprint density at radius 2 is 2.20 bits per heavy atom. The summed E-state index contributed by atoms with van der Waals surface area (Å²) >= 11 is 0. The Kier molecular flexibility index (Phi) is 2.59. The number of hydrogen-bond acceptors (Lipinski definition) is 4. The summed E-state index contributed by atoms with van der Waals surface area (Å²) in [6, 6.07) is 0.218. The first kappa shape index (κ1) is 9.97. The number of carbonyl (C=O) groups is 1. The summed E-state index contributed by atoms with van der Waals surface area (Å²) < 4.78 is 0. The third-order valence-corrected chi connectivity index (χ3v) is 2.73. The van der Waals surface area contributed by atoms with Crippen molar-refractivity contribution in [3.05, 3.63) is 11.8 Å². The zero-order valence-corrected chi connectivity index (χ0v) is 8.44. The van der Waals surface area contributed by atoms with E-state index in [0.717, 1.165) is 12.8 Å². The molecule has 1 aliphatic rings. The number of likely N-dealkylation sites (tertiary alicyclic amines) is 1. The molecule has 2 heterocycles. The maximum atomic E-state index is 11.9. The van der Waals surface area contributed by atoms with Crippen LogP contribution in [0.5, 0.6) is 0 Å². The largest absolute Gasteiger partial charge is 0.383 e. The Morgan fingerprint density at radius 3 is 2.73 bits per heavy atom. The van der Waals surface area contributed by atoms with Gasteiger partial charge in [0.05, 0.1) is 6.20 Å². The molecule has 5 N–H and O–H groups in total. The van der Waals surface area contributed by atoms with Gasteiger partial charge in [0, 0.05) is 19.1 Å². The standard InChI is InChI=1S/C9H15N5O/c10-6-1-3-14(4-2-6)9(15)7-5-12-13-8(7)11/h5-6H,1-4,10H2,(H3,11,12,13). The van der Waals surface area contributed by atoms with Crippen LogP contribution in [0.1, 0.15) is 23.2 Å². The summed E-state index contributed by atoms with van der Waals surface area (Å²) in [5.74, 6) is 0.267. The van der Waals surface area contributed by atoms with E-state index in [2.05, 4.69) is 10.2 Å². The lowest BCUT2D eigenvalue weighted by Gasteiger charge is -2.29. The summed E-state index contributed by atoms with van der Waals surface area (Å²) in [7, 11) is 0. The number of piperidine rings is 1. The van der Waals surface area contributed by atoms with E-state index >= 15 is 0 Å². The molecule has 0 aromatic carbocycles. The molecule has 0 spiro atoms. The van der Waals surface area contributed by atoms with E-state index in [-0.39, 0.29) is 11.9 Å². The maximum absolute atomic E-state index is 11.9. The van der Waals surface area contributed by atoms with Gasteiger partial charge in [0.25, 0.3) is 5.91 Å². The van der Waals surface area contributed by atoms with Gasteiger partial charge < -0.3 is 16.4 Å². The lowest BCUT2D eigenvalue weighted by molar-refractivity contribution is 0.0716. The van der Waals surface area contributed by atoms with Gasteiger partial charge in [-0.15, -0.1) is 0 Å². The van der Waals surface area contributed by atoms with E-state index in [1.807, 2.05) is 0 Å². The first-order chi connectivity index (χ1) is 7.18. The summed E-state index contributed by atoms with van der Waals surface area (Å²) in [5, 5.41) is 6.28. The van der Waals surface area contributed by atoms with Gasteiger partial charge in [-0.3, -0.25) is 9.89 Å². The molecular formula is C9H15N5O. The minimum Gasteiger partial charge on any atom is -0.383 e. The Hall–Kier alpha value is -1.56. The number of aromatic nitrogens is 2. The van der Waals surface area contributed by atoms with Crippen molar-refractivity contribution in [1.82, 2.24) is 15.1 Å². The third-order valence-electron chi connectivity index (χ3n) is 2.73. The van der Waals surface area contributed by atoms with E-state index in [0.29, 0.717) is 24.5 Å². The number of nitrogens with two attached hydrogens (primary N) is 2. The molecule has 0 atom stereocenters. The van der Waals surface area contributed by atoms with Gasteiger partial charge >= 0.3 is 0 Å². The molecule has 1 aliphatic heterocycles. The molecule has 0 saturated carbocycles. The zero-order chi connectivity index (χ0) is 10.8. The maximum Gasteiger partial charge on any atom is 0.259 e. The predicted octanol–water partition coefficient (Wildman–Crippen LogP) is -0.445. The Labute approximate surface area is 87.6 Å². The number of amides is 1. The number of carbonyl (C=O) groups excluding carboxylic acids is 1. The average molecular weight is 209 g/mol. The molecule has 0 unspecified atom stereocenters. The Balaban J connectivity index is 2.06. The van der Waals surface area contributed by atoms with E-state index in [1.54, 1.807) is 4.90 Å². The van der Waals surface area contributed by atoms with Crippen LogP contribution in [0.3, 0.4) is 0 Å². The molecular weight excluding hydrogens is 194 g/mol. The second-order valence-electron chi connectivity index (χ2n) is 3.83. The predicted molar refractivity (Wildman–Crippen MR) is 56.1 cm³/mol. The summed E-state index contributed by atoms with van der Waals surface area (Å²) in [5.41, 5.74) is 11.8. The lowest BCUT2D eigenvalue weighted by Crippen LogP contribution is -2.42. The van der Waals surface area contributed by atoms with Crippen molar-refractivity contribution >= 4 is 11.7 Å². The topological polar surface area (TPSA) is 101 Å². The SMILES string of the molecule is Nc1[nH]ncc1C(=O)N1CCC(N)CC1. The fourth-order valence-corrected chi connectivity index (χ4v) is 1.74. The van der Waals surface area contributed by atoms with Gasteiger partial charge in [-0.25, -0.2) is 0 Å². The van der Waals surface area contributed by atoms with Gasteiger partial charge in [-0.05, 0) is 12.8 Å². The number of nitrogens with one attached hydrogen (secondary N) is 1. The van der Waals surface area contributed by atoms with E-state index < -0.39 is 0 Å². The monoisotopic (exact) mass is 209 g/mol. The summed E-state index contributed by atoms with van der Waals surface area (Å²) in [6.07, 6.45) is 3.17. The molecule has 1 saturated heterocycles. The third kappa shape index (κ3) is 1.94. The Bertz CT molecular complexity index is 353. The van der Waals surface area contributed by atoms with Crippen molar-refractivity contribution in [2.24, 2.45) is 5.73 Å². The van der Waals surface area contributed by atoms with Crippen LogP contribution in [0.2, 0.25) is 0 Å². The quantitative estimate of drug-likeness (QED) is 0.583. The molecule has 2 rings (SSSR count). The number of H-pyrrole nitrogens is 1. The number of nitrogen functional groups attached to an aromatic ring is 1. The van der Waals surface area contributed by atoms with Crippen LogP contribution in [-0.2, 0) is 0 Å². The number of rotatable bonds is 1. The molecule has 0 bridgehead atoms. The van der Waals surface area contributed by atoms with Gasteiger partial charge in [-0.1, -0.05) is 0 Å². The van der Waals surface area contributed by atoms with Crippen LogP contribution in [-0.4, -0.2) is 40.1 Å². The van der Waals surface area contributed by atoms with Gasteiger partial charge in [-0.2, -0.15) is 5.10 Å². The van der Waals surface area contributed by atoms with Crippen molar-refractivity contribution in [2.75, 3.05) is 18.8 Å². The van der Waals surface area contributed by atoms with Crippen LogP contribution in [0.25, 0.3) is 0 Å². The number of aromatic amines is 1. The fourth-order valence-electron chi connectivity index (χ4n) is 1.74. The van der Waals surface area contributed by atoms with E-state index in [4.69, 9.17) is 11.5 Å². The van der Waals surface area contributed by atoms with E-state index in [9.17, 15) is 4.79 Å². The first-order valence-corrected chi connectivity index (χ1v) is 5.02. The van der Waals surface area contributed by atoms with E-state index in [1.165, 1.54) is 6.20 Å². The minimum absolute atomic E-state index is 0.0619. The molecule has 1 aromatic heterocycles. The highest BCUT2D eigenvalue weighted by Gasteiger charge is 2.23. The Morgan fingerprint density at radius 1 is 1.53 bits per heavy atom. The summed E-state index contributed by atoms with van der Waals surface area (Å²) in [6.45, 7) is 1.40. The highest BCUT2D eigenvalue weighted by atomic mass is 16.2. The normalized spacial score (nSPS) is 18.1. The van der Waals surface area contributed by atoms with Crippen molar-refractivity contribution in [3.63, 3.8) is 0 Å². The lowest BCUT2D eigenvalue weighted by atomic mass is 10.1. The molecule has 82 valence electrons. The zero-order valence-electron chi connectivity index (χ0n) is 8.44. The van der Waals surface area contributed by atoms with Crippen molar-refractivity contribution in [2.45, 2.75) is 18.9 Å². The van der Waals surface area contributed by atoms with Crippen molar-refractivity contribution in [3.8, 4) is 0 Å². The molecule has 6 nitrogen and oxygen atoms in total. The van der Waals surface area contributed by atoms with Crippen LogP contribution in [0.15, 0.2) is 6.20 Å². The molecule has 1 aromatic rings. The van der Waals surface area contributed by atoms with Gasteiger partial charge in [0.1, 0.15) is 11.4 Å². The van der Waals surface area contributed by atoms with Crippen molar-refractivity contribution < 1.29 is 4.79 Å². The number of anilines is 1. The molecule has 0 radical (unpaired) electrons. The molecule has 0 aliphatic carbocycles. The average Bonchev–Trinajstić information content (AvgIpc) is 2.65. The van der Waals surface area contributed by atoms with Crippen LogP contribution in [0, 0.1) is 0 Å². The first-order valence-electron chi connectivity index (χ1n) is 5.02. The molecule has 6 heteroatoms. The molecule has 1 fully saturated rings. The smallest absolute Gasteiger partial charge is 0.259 e.